The van der Waals surface area contributed by atoms with Gasteiger partial charge in [-0.05, 0) is 36.1 Å². The van der Waals surface area contributed by atoms with Crippen LogP contribution in [0.3, 0.4) is 0 Å². The number of anilines is 1. The molecule has 148 valence electrons. The zero-order valence-corrected chi connectivity index (χ0v) is 17.1. The largest absolute Gasteiger partial charge is 0.854 e. The van der Waals surface area contributed by atoms with Gasteiger partial charge in [-0.3, -0.25) is 4.79 Å². The Balaban J connectivity index is 2.04. The van der Waals surface area contributed by atoms with E-state index in [0.717, 1.165) is 11.3 Å². The first-order chi connectivity index (χ1) is 14.0. The number of aromatic nitrogens is 3. The molecule has 7 nitrogen and oxygen atoms in total. The summed E-state index contributed by atoms with van der Waals surface area (Å²) in [4.78, 5) is 18.6. The Morgan fingerprint density at radius 1 is 1.28 bits per heavy atom. The lowest BCUT2D eigenvalue weighted by molar-refractivity contribution is -0.764. The Labute approximate surface area is 173 Å². The lowest BCUT2D eigenvalue weighted by atomic mass is 10.0. The van der Waals surface area contributed by atoms with E-state index in [0.29, 0.717) is 27.9 Å². The first-order valence-corrected chi connectivity index (χ1v) is 10.2. The summed E-state index contributed by atoms with van der Waals surface area (Å²) in [7, 11) is 1.59. The fraction of sp³-hybridized carbons (Fsp3) is 0.238. The summed E-state index contributed by atoms with van der Waals surface area (Å²) in [5.41, 5.74) is 2.45. The van der Waals surface area contributed by atoms with Crippen LogP contribution < -0.4 is 19.4 Å². The van der Waals surface area contributed by atoms with Crippen LogP contribution >= 0.6 is 11.8 Å². The smallest absolute Gasteiger partial charge is 0.293 e. The number of para-hydroxylation sites is 1. The molecule has 1 aliphatic rings. The van der Waals surface area contributed by atoms with Crippen LogP contribution in [0.1, 0.15) is 25.6 Å². The van der Waals surface area contributed by atoms with Crippen LogP contribution in [0.25, 0.3) is 11.3 Å². The Morgan fingerprint density at radius 3 is 2.79 bits per heavy atom. The Hall–Kier alpha value is -3.13. The monoisotopic (exact) mass is 408 g/mol. The van der Waals surface area contributed by atoms with Gasteiger partial charge in [0.15, 0.2) is 0 Å². The average molecular weight is 408 g/mol. The molecule has 0 saturated carbocycles. The van der Waals surface area contributed by atoms with Crippen LogP contribution in [0.5, 0.6) is 11.6 Å². The zero-order valence-electron chi connectivity index (χ0n) is 16.3. The number of ether oxygens (including phenoxy) is 1. The van der Waals surface area contributed by atoms with Crippen molar-refractivity contribution in [1.29, 1.82) is 0 Å². The summed E-state index contributed by atoms with van der Waals surface area (Å²) in [6.07, 6.45) is -0.626. The molecule has 1 amide bonds. The van der Waals surface area contributed by atoms with E-state index in [9.17, 15) is 9.90 Å². The number of amides is 1. The second-order valence-electron chi connectivity index (χ2n) is 6.48. The molecule has 1 atom stereocenters. The topological polar surface area (TPSA) is 82.3 Å². The van der Waals surface area contributed by atoms with Crippen molar-refractivity contribution in [3.8, 4) is 22.9 Å². The van der Waals surface area contributed by atoms with Crippen molar-refractivity contribution in [3.05, 3.63) is 54.1 Å². The maximum absolute atomic E-state index is 13.0. The van der Waals surface area contributed by atoms with Crippen molar-refractivity contribution < 1.29 is 19.3 Å². The third-order valence-electron chi connectivity index (χ3n) is 4.72. The van der Waals surface area contributed by atoms with Crippen molar-refractivity contribution in [1.82, 2.24) is 10.1 Å². The number of carbonyl (C=O) groups excluding carboxylic acids is 1. The van der Waals surface area contributed by atoms with E-state index in [1.54, 1.807) is 16.7 Å². The molecule has 8 heteroatoms. The molecule has 0 saturated heterocycles. The molecule has 0 N–H and O–H groups in total. The molecule has 0 radical (unpaired) electrons. The Bertz CT molecular complexity index is 1090. The minimum absolute atomic E-state index is 0.154. The second kappa shape index (κ2) is 7.71. The van der Waals surface area contributed by atoms with Gasteiger partial charge in [0, 0.05) is 17.6 Å². The number of carbonyl (C=O) groups is 1. The highest BCUT2D eigenvalue weighted by molar-refractivity contribution is 7.99. The van der Waals surface area contributed by atoms with Gasteiger partial charge < -0.3 is 9.84 Å². The normalized spacial score (nSPS) is 14.9. The molecule has 1 unspecified atom stereocenters. The van der Waals surface area contributed by atoms with Crippen molar-refractivity contribution in [2.45, 2.75) is 25.2 Å². The predicted octanol–water partition coefficient (Wildman–Crippen LogP) is 2.54. The first-order valence-electron chi connectivity index (χ1n) is 9.22. The lowest BCUT2D eigenvalue weighted by Gasteiger charge is -2.32. The van der Waals surface area contributed by atoms with E-state index in [1.807, 2.05) is 55.5 Å². The second-order valence-corrected chi connectivity index (χ2v) is 7.71. The van der Waals surface area contributed by atoms with Gasteiger partial charge in [-0.15, -0.1) is 0 Å². The third-order valence-corrected chi connectivity index (χ3v) is 5.44. The van der Waals surface area contributed by atoms with Gasteiger partial charge in [0.25, 0.3) is 17.0 Å². The summed E-state index contributed by atoms with van der Waals surface area (Å²) < 4.78 is 6.99. The summed E-state index contributed by atoms with van der Waals surface area (Å²) in [5.74, 6) is 0.876. The van der Waals surface area contributed by atoms with Crippen LogP contribution in [-0.2, 0) is 4.79 Å². The molecule has 2 heterocycles. The van der Waals surface area contributed by atoms with E-state index in [-0.39, 0.29) is 11.8 Å². The predicted molar refractivity (Wildman–Crippen MR) is 108 cm³/mol. The minimum atomic E-state index is -0.626. The third kappa shape index (κ3) is 3.29. The van der Waals surface area contributed by atoms with Crippen LogP contribution in [-0.4, -0.2) is 28.9 Å². The van der Waals surface area contributed by atoms with E-state index >= 15 is 0 Å². The van der Waals surface area contributed by atoms with E-state index < -0.39 is 6.17 Å². The number of fused-ring (bicyclic) bond motifs is 3. The van der Waals surface area contributed by atoms with Crippen molar-refractivity contribution >= 4 is 23.4 Å². The van der Waals surface area contributed by atoms with Gasteiger partial charge in [-0.2, -0.15) is 0 Å². The number of rotatable bonds is 4. The highest BCUT2D eigenvalue weighted by Crippen LogP contribution is 2.41. The van der Waals surface area contributed by atoms with Crippen LogP contribution in [0.15, 0.2) is 53.7 Å². The summed E-state index contributed by atoms with van der Waals surface area (Å²) in [5, 5.41) is 18.0. The summed E-state index contributed by atoms with van der Waals surface area (Å²) in [6, 6.07) is 14.8. The van der Waals surface area contributed by atoms with E-state index in [2.05, 4.69) is 10.1 Å². The van der Waals surface area contributed by atoms with Crippen LogP contribution in [0.2, 0.25) is 0 Å². The van der Waals surface area contributed by atoms with Gasteiger partial charge in [0.05, 0.1) is 24.2 Å². The number of methoxy groups -OCH3 is 1. The number of nitrogens with zero attached hydrogens (tertiary/aromatic N) is 4. The molecule has 0 spiro atoms. The molecule has 4 rings (SSSR count). The average Bonchev–Trinajstić information content (AvgIpc) is 2.72. The fourth-order valence-electron chi connectivity index (χ4n) is 3.57. The standard InChI is InChI=1S/C21H20N4O3S/c1-4-29-21-22-19(27)18-16-10-5-6-11-17(16)24(13(2)26)20(25(18)23-21)14-8-7-9-15(12-14)28-3/h5-12,20H,4H2,1-3H3. The van der Waals surface area contributed by atoms with Crippen LogP contribution in [0, 0.1) is 0 Å². The maximum Gasteiger partial charge on any atom is 0.293 e. The SMILES string of the molecule is CCSc1nc([O-])c2[n+](n1)C(c1cccc(OC)c1)N(C(C)=O)c1ccccc1-2. The molecule has 0 bridgehead atoms. The molecule has 29 heavy (non-hydrogen) atoms. The van der Waals surface area contributed by atoms with Gasteiger partial charge in [0.2, 0.25) is 5.91 Å². The van der Waals surface area contributed by atoms with Gasteiger partial charge in [-0.25, -0.2) is 9.88 Å². The number of thioether (sulfide) groups is 1. The summed E-state index contributed by atoms with van der Waals surface area (Å²) in [6.45, 7) is 3.48. The molecule has 2 aromatic carbocycles. The number of hydrogen-bond acceptors (Lipinski definition) is 6. The molecular weight excluding hydrogens is 388 g/mol. The summed E-state index contributed by atoms with van der Waals surface area (Å²) >= 11 is 1.39. The molecule has 1 aliphatic heterocycles. The molecular formula is C21H20N4O3S. The molecule has 0 fully saturated rings. The van der Waals surface area contributed by atoms with Gasteiger partial charge >= 0.3 is 0 Å². The highest BCUT2D eigenvalue weighted by atomic mass is 32.2. The Kier molecular flexibility index (Phi) is 5.10. The van der Waals surface area contributed by atoms with Crippen molar-refractivity contribution in [3.63, 3.8) is 0 Å². The van der Waals surface area contributed by atoms with Gasteiger partial charge in [-0.1, -0.05) is 41.6 Å². The molecule has 1 aromatic heterocycles. The van der Waals surface area contributed by atoms with Crippen LogP contribution in [0.4, 0.5) is 5.69 Å². The maximum atomic E-state index is 13.0. The molecule has 3 aromatic rings. The Morgan fingerprint density at radius 2 is 2.07 bits per heavy atom. The molecule has 0 aliphatic carbocycles. The first kappa shape index (κ1) is 19.2. The zero-order chi connectivity index (χ0) is 20.5. The number of benzene rings is 2. The lowest BCUT2D eigenvalue weighted by Crippen LogP contribution is -2.58. The fourth-order valence-corrected chi connectivity index (χ4v) is 4.12. The van der Waals surface area contributed by atoms with E-state index in [1.165, 1.54) is 18.7 Å². The van der Waals surface area contributed by atoms with Crippen molar-refractivity contribution in [2.24, 2.45) is 0 Å². The number of hydrogen-bond donors (Lipinski definition) is 0. The van der Waals surface area contributed by atoms with Crippen molar-refractivity contribution in [2.75, 3.05) is 17.8 Å². The van der Waals surface area contributed by atoms with E-state index in [4.69, 9.17) is 4.74 Å². The highest BCUT2D eigenvalue weighted by Gasteiger charge is 2.43. The van der Waals surface area contributed by atoms with Gasteiger partial charge in [0.1, 0.15) is 5.75 Å². The minimum Gasteiger partial charge on any atom is -0.854 e. The quantitative estimate of drug-likeness (QED) is 0.487.